The lowest BCUT2D eigenvalue weighted by Gasteiger charge is -2.25. The fourth-order valence-corrected chi connectivity index (χ4v) is 6.20. The van der Waals surface area contributed by atoms with Gasteiger partial charge in [-0.3, -0.25) is 14.2 Å². The summed E-state index contributed by atoms with van der Waals surface area (Å²) in [6, 6.07) is 33.2. The Hall–Kier alpha value is -5.41. The highest BCUT2D eigenvalue weighted by atomic mass is 32.1. The second-order valence-corrected chi connectivity index (χ2v) is 11.2. The van der Waals surface area contributed by atoms with Crippen molar-refractivity contribution < 1.29 is 19.0 Å². The van der Waals surface area contributed by atoms with E-state index in [2.05, 4.69) is 5.32 Å². The number of hydrogen-bond donors (Lipinski definition) is 1. The van der Waals surface area contributed by atoms with Crippen molar-refractivity contribution in [1.29, 1.82) is 0 Å². The van der Waals surface area contributed by atoms with Crippen LogP contribution >= 0.6 is 11.3 Å². The number of fused-ring (bicyclic) bond motifs is 1. The van der Waals surface area contributed by atoms with Crippen LogP contribution in [0.3, 0.4) is 0 Å². The van der Waals surface area contributed by atoms with Crippen LogP contribution in [0, 0.1) is 0 Å². The Morgan fingerprint density at radius 3 is 2.27 bits per heavy atom. The number of thiazole rings is 1. The number of ether oxygens (including phenoxy) is 3. The van der Waals surface area contributed by atoms with Gasteiger partial charge in [0.2, 0.25) is 0 Å². The molecule has 0 spiro atoms. The Labute approximate surface area is 264 Å². The Balaban J connectivity index is 1.30. The lowest BCUT2D eigenvalue weighted by Crippen LogP contribution is -2.40. The van der Waals surface area contributed by atoms with E-state index in [1.807, 2.05) is 109 Å². The zero-order valence-electron chi connectivity index (χ0n) is 24.8. The zero-order chi connectivity index (χ0) is 31.2. The van der Waals surface area contributed by atoms with E-state index < -0.39 is 6.04 Å². The summed E-state index contributed by atoms with van der Waals surface area (Å²) in [4.78, 5) is 32.9. The van der Waals surface area contributed by atoms with Crippen molar-refractivity contribution in [3.05, 3.63) is 151 Å². The molecule has 0 saturated heterocycles. The highest BCUT2D eigenvalue weighted by Gasteiger charge is 2.32. The average Bonchev–Trinajstić information content (AvgIpc) is 3.37. The largest absolute Gasteiger partial charge is 0.493 e. The van der Waals surface area contributed by atoms with E-state index in [1.54, 1.807) is 24.7 Å². The maximum atomic E-state index is 14.0. The van der Waals surface area contributed by atoms with Gasteiger partial charge in [0.1, 0.15) is 19.0 Å². The molecule has 1 N–H and O–H groups in total. The van der Waals surface area contributed by atoms with E-state index >= 15 is 0 Å². The summed E-state index contributed by atoms with van der Waals surface area (Å²) in [6.45, 7) is 2.52. The van der Waals surface area contributed by atoms with Gasteiger partial charge in [-0.15, -0.1) is 0 Å². The molecule has 0 bridgehead atoms. The van der Waals surface area contributed by atoms with E-state index in [-0.39, 0.29) is 11.5 Å². The molecule has 0 radical (unpaired) electrons. The molecule has 8 nitrogen and oxygen atoms in total. The normalized spacial score (nSPS) is 14.4. The number of rotatable bonds is 10. The summed E-state index contributed by atoms with van der Waals surface area (Å²) in [6.07, 6.45) is 1.81. The number of carbonyl (C=O) groups excluding carboxylic acids is 1. The highest BCUT2D eigenvalue weighted by molar-refractivity contribution is 7.07. The number of methoxy groups -OCH3 is 1. The van der Waals surface area contributed by atoms with Crippen LogP contribution in [0.4, 0.5) is 5.69 Å². The van der Waals surface area contributed by atoms with Crippen molar-refractivity contribution in [2.24, 2.45) is 4.99 Å². The molecule has 1 aliphatic rings. The molecular weight excluding hydrogens is 586 g/mol. The minimum atomic E-state index is -0.642. The minimum Gasteiger partial charge on any atom is -0.493 e. The summed E-state index contributed by atoms with van der Waals surface area (Å²) in [5, 5.41) is 2.97. The van der Waals surface area contributed by atoms with Gasteiger partial charge in [0.05, 0.1) is 29.0 Å². The van der Waals surface area contributed by atoms with Gasteiger partial charge in [-0.1, -0.05) is 84.1 Å². The van der Waals surface area contributed by atoms with E-state index in [4.69, 9.17) is 19.2 Å². The first-order valence-electron chi connectivity index (χ1n) is 14.4. The number of allylic oxidation sites excluding steroid dienone is 1. The maximum Gasteiger partial charge on any atom is 0.271 e. The maximum absolute atomic E-state index is 14.0. The summed E-state index contributed by atoms with van der Waals surface area (Å²) in [7, 11) is 1.57. The molecule has 9 heteroatoms. The third-order valence-electron chi connectivity index (χ3n) is 7.25. The van der Waals surface area contributed by atoms with Crippen LogP contribution in [-0.2, 0) is 4.79 Å². The molecule has 2 heterocycles. The van der Waals surface area contributed by atoms with Crippen LogP contribution in [0.5, 0.6) is 17.2 Å². The van der Waals surface area contributed by atoms with Gasteiger partial charge in [0, 0.05) is 5.69 Å². The summed E-state index contributed by atoms with van der Waals surface area (Å²) >= 11 is 1.28. The smallest absolute Gasteiger partial charge is 0.271 e. The molecule has 0 saturated carbocycles. The first-order chi connectivity index (χ1) is 22.0. The molecule has 0 aliphatic carbocycles. The van der Waals surface area contributed by atoms with E-state index in [1.165, 1.54) is 11.3 Å². The topological polar surface area (TPSA) is 91.2 Å². The monoisotopic (exact) mass is 617 g/mol. The van der Waals surface area contributed by atoms with Crippen molar-refractivity contribution in [3.63, 3.8) is 0 Å². The van der Waals surface area contributed by atoms with Crippen molar-refractivity contribution in [1.82, 2.24) is 4.57 Å². The number of benzene rings is 4. The van der Waals surface area contributed by atoms with Crippen LogP contribution in [0.1, 0.15) is 24.1 Å². The van der Waals surface area contributed by atoms with Gasteiger partial charge in [-0.25, -0.2) is 4.99 Å². The lowest BCUT2D eigenvalue weighted by molar-refractivity contribution is -0.113. The van der Waals surface area contributed by atoms with Gasteiger partial charge in [-0.05, 0) is 60.5 Å². The number of hydrogen-bond acceptors (Lipinski definition) is 7. The third kappa shape index (κ3) is 6.58. The Bertz CT molecular complexity index is 2020. The molecule has 5 aromatic rings. The number of nitrogens with zero attached hydrogens (tertiary/aromatic N) is 2. The summed E-state index contributed by atoms with van der Waals surface area (Å²) in [5.74, 6) is 1.58. The third-order valence-corrected chi connectivity index (χ3v) is 8.23. The van der Waals surface area contributed by atoms with Crippen molar-refractivity contribution in [3.8, 4) is 17.2 Å². The van der Waals surface area contributed by atoms with Crippen LogP contribution in [-0.4, -0.2) is 30.8 Å². The average molecular weight is 618 g/mol. The fourth-order valence-electron chi connectivity index (χ4n) is 5.15. The standard InChI is InChI=1S/C36H31N3O5S/c1-24-32(34(40)38-27-14-8-4-9-15-27)33(26-12-6-3-7-13-26)39-35(41)31(45-36(39)37-24)23-25-18-19-29(30(22-25)42-2)44-21-20-43-28-16-10-5-11-17-28/h3-19,22-23,33H,20-21H2,1-2H3,(H,38,40)/b31-23-/t33-/m1/s1. The molecule has 45 heavy (non-hydrogen) atoms. The van der Waals surface area contributed by atoms with Crippen LogP contribution in [0.2, 0.25) is 0 Å². The number of nitrogens with one attached hydrogen (secondary N) is 1. The molecule has 1 aliphatic heterocycles. The number of para-hydroxylation sites is 2. The molecule has 0 fully saturated rings. The number of carbonyl (C=O) groups is 1. The van der Waals surface area contributed by atoms with Crippen molar-refractivity contribution >= 4 is 29.0 Å². The number of aromatic nitrogens is 1. The molecule has 0 unspecified atom stereocenters. The molecule has 4 aromatic carbocycles. The predicted octanol–water partition coefficient (Wildman–Crippen LogP) is 5.34. The minimum absolute atomic E-state index is 0.234. The lowest BCUT2D eigenvalue weighted by atomic mass is 9.95. The highest BCUT2D eigenvalue weighted by Crippen LogP contribution is 2.31. The molecule has 1 amide bonds. The summed E-state index contributed by atoms with van der Waals surface area (Å²) < 4.78 is 19.3. The van der Waals surface area contributed by atoms with Crippen molar-refractivity contribution in [2.75, 3.05) is 25.6 Å². The Morgan fingerprint density at radius 1 is 0.889 bits per heavy atom. The molecule has 1 atom stereocenters. The SMILES string of the molecule is COc1cc(/C=c2\sc3n(c2=O)[C@H](c2ccccc2)C(C(=O)Nc2ccccc2)=C(C)N=3)ccc1OCCOc1ccccc1. The number of amides is 1. The summed E-state index contributed by atoms with van der Waals surface area (Å²) in [5.41, 5.74) is 2.99. The van der Waals surface area contributed by atoms with E-state index in [0.29, 0.717) is 51.0 Å². The van der Waals surface area contributed by atoms with Crippen LogP contribution < -0.4 is 34.4 Å². The van der Waals surface area contributed by atoms with Crippen molar-refractivity contribution in [2.45, 2.75) is 13.0 Å². The van der Waals surface area contributed by atoms with Crippen LogP contribution in [0.15, 0.2) is 130 Å². The second-order valence-electron chi connectivity index (χ2n) is 10.2. The molecule has 6 rings (SSSR count). The first-order valence-corrected chi connectivity index (χ1v) is 15.3. The molecule has 1 aromatic heterocycles. The Kier molecular flexibility index (Phi) is 8.89. The molecule has 226 valence electrons. The fraction of sp³-hybridized carbons (Fsp3) is 0.139. The predicted molar refractivity (Wildman–Crippen MR) is 176 cm³/mol. The first kappa shape index (κ1) is 29.7. The van der Waals surface area contributed by atoms with E-state index in [9.17, 15) is 9.59 Å². The van der Waals surface area contributed by atoms with Gasteiger partial charge >= 0.3 is 0 Å². The van der Waals surface area contributed by atoms with Gasteiger partial charge in [0.25, 0.3) is 11.5 Å². The van der Waals surface area contributed by atoms with Gasteiger partial charge < -0.3 is 19.5 Å². The van der Waals surface area contributed by atoms with Gasteiger partial charge in [0.15, 0.2) is 16.3 Å². The second kappa shape index (κ2) is 13.5. The van der Waals surface area contributed by atoms with Crippen LogP contribution in [0.25, 0.3) is 6.08 Å². The quantitative estimate of drug-likeness (QED) is 0.214. The zero-order valence-corrected chi connectivity index (χ0v) is 25.6. The Morgan fingerprint density at radius 2 is 1.56 bits per heavy atom. The van der Waals surface area contributed by atoms with Gasteiger partial charge in [-0.2, -0.15) is 0 Å². The number of anilines is 1. The molecular formula is C36H31N3O5S. The van der Waals surface area contributed by atoms with E-state index in [0.717, 1.165) is 16.9 Å².